The van der Waals surface area contributed by atoms with Gasteiger partial charge in [0.05, 0.1) is 12.4 Å². The Morgan fingerprint density at radius 2 is 2.10 bits per heavy atom. The van der Waals surface area contributed by atoms with Gasteiger partial charge in [0.1, 0.15) is 11.8 Å². The molecule has 3 aromatic rings. The van der Waals surface area contributed by atoms with Gasteiger partial charge in [-0.15, -0.1) is 0 Å². The second-order valence-corrected chi connectivity index (χ2v) is 5.51. The summed E-state index contributed by atoms with van der Waals surface area (Å²) in [5.74, 6) is 0.961. The van der Waals surface area contributed by atoms with Crippen LogP contribution in [0.3, 0.4) is 0 Å². The summed E-state index contributed by atoms with van der Waals surface area (Å²) in [6, 6.07) is 8.99. The van der Waals surface area contributed by atoms with E-state index in [1.54, 1.807) is 12.7 Å². The molecule has 0 radical (unpaired) electrons. The molecule has 0 unspecified atom stereocenters. The van der Waals surface area contributed by atoms with Gasteiger partial charge in [0.2, 0.25) is 0 Å². The summed E-state index contributed by atoms with van der Waals surface area (Å²) in [5, 5.41) is 0. The van der Waals surface area contributed by atoms with Gasteiger partial charge in [0.25, 0.3) is 0 Å². The second-order valence-electron chi connectivity index (χ2n) is 5.51. The van der Waals surface area contributed by atoms with E-state index in [0.717, 1.165) is 29.9 Å². The van der Waals surface area contributed by atoms with Crippen molar-refractivity contribution in [2.24, 2.45) is 0 Å². The smallest absolute Gasteiger partial charge is 0.182 e. The molecular weight excluding hydrogens is 262 g/mol. The molecule has 1 aliphatic heterocycles. The topological polar surface area (TPSA) is 57.7 Å². The number of aromatic nitrogens is 4. The van der Waals surface area contributed by atoms with Crippen LogP contribution in [0.1, 0.15) is 30.0 Å². The van der Waals surface area contributed by atoms with Crippen molar-refractivity contribution in [3.8, 4) is 0 Å². The monoisotopic (exact) mass is 279 g/mol. The van der Waals surface area contributed by atoms with Crippen molar-refractivity contribution in [2.75, 3.05) is 11.4 Å². The van der Waals surface area contributed by atoms with Crippen molar-refractivity contribution in [1.82, 2.24) is 19.9 Å². The number of aryl methyl sites for hydroxylation is 1. The van der Waals surface area contributed by atoms with Crippen molar-refractivity contribution in [2.45, 2.75) is 25.8 Å². The number of hydrogen-bond acceptors (Lipinski definition) is 4. The fraction of sp³-hybridized carbons (Fsp3) is 0.312. The molecule has 1 N–H and O–H groups in total. The van der Waals surface area contributed by atoms with E-state index in [2.05, 4.69) is 56.0 Å². The molecule has 1 aromatic carbocycles. The zero-order valence-corrected chi connectivity index (χ0v) is 12.0. The molecule has 1 saturated heterocycles. The van der Waals surface area contributed by atoms with Gasteiger partial charge in [0.15, 0.2) is 11.5 Å². The fourth-order valence-electron chi connectivity index (χ4n) is 3.27. The third-order valence-corrected chi connectivity index (χ3v) is 4.28. The molecule has 0 amide bonds. The average molecular weight is 279 g/mol. The van der Waals surface area contributed by atoms with Crippen LogP contribution in [0.5, 0.6) is 0 Å². The van der Waals surface area contributed by atoms with Crippen LogP contribution in [-0.2, 0) is 0 Å². The zero-order chi connectivity index (χ0) is 14.2. The molecular formula is C16H17N5. The maximum Gasteiger partial charge on any atom is 0.182 e. The van der Waals surface area contributed by atoms with Gasteiger partial charge in [-0.05, 0) is 30.9 Å². The van der Waals surface area contributed by atoms with Crippen LogP contribution in [-0.4, -0.2) is 26.5 Å². The highest BCUT2D eigenvalue weighted by molar-refractivity contribution is 5.83. The summed E-state index contributed by atoms with van der Waals surface area (Å²) in [6.45, 7) is 3.20. The molecule has 2 aromatic heterocycles. The molecule has 1 fully saturated rings. The third kappa shape index (κ3) is 1.96. The average Bonchev–Trinajstić information content (AvgIpc) is 3.16. The van der Waals surface area contributed by atoms with Gasteiger partial charge in [-0.1, -0.05) is 24.3 Å². The molecule has 5 nitrogen and oxygen atoms in total. The molecule has 0 saturated carbocycles. The number of benzene rings is 1. The van der Waals surface area contributed by atoms with Crippen LogP contribution in [0.2, 0.25) is 0 Å². The van der Waals surface area contributed by atoms with Crippen LogP contribution < -0.4 is 4.90 Å². The summed E-state index contributed by atoms with van der Waals surface area (Å²) in [7, 11) is 0. The van der Waals surface area contributed by atoms with Crippen LogP contribution in [0.15, 0.2) is 36.9 Å². The van der Waals surface area contributed by atoms with Gasteiger partial charge in [-0.2, -0.15) is 0 Å². The van der Waals surface area contributed by atoms with Gasteiger partial charge in [-0.3, -0.25) is 0 Å². The van der Waals surface area contributed by atoms with Gasteiger partial charge < -0.3 is 9.88 Å². The Balaban J connectivity index is 1.81. The first kappa shape index (κ1) is 12.3. The lowest BCUT2D eigenvalue weighted by Crippen LogP contribution is -2.24. The van der Waals surface area contributed by atoms with Crippen LogP contribution >= 0.6 is 0 Å². The Bertz CT molecular complexity index is 779. The number of hydrogen-bond donors (Lipinski definition) is 1. The highest BCUT2D eigenvalue weighted by Crippen LogP contribution is 2.38. The molecule has 5 heteroatoms. The summed E-state index contributed by atoms with van der Waals surface area (Å²) in [5.41, 5.74) is 4.39. The van der Waals surface area contributed by atoms with Crippen LogP contribution in [0.25, 0.3) is 11.2 Å². The number of nitrogens with zero attached hydrogens (tertiary/aromatic N) is 4. The number of nitrogens with one attached hydrogen (secondary N) is 1. The Kier molecular flexibility index (Phi) is 2.84. The van der Waals surface area contributed by atoms with Crippen molar-refractivity contribution >= 4 is 17.0 Å². The van der Waals surface area contributed by atoms with Gasteiger partial charge in [0, 0.05) is 6.54 Å². The van der Waals surface area contributed by atoms with E-state index < -0.39 is 0 Å². The lowest BCUT2D eigenvalue weighted by Gasteiger charge is -2.27. The number of anilines is 1. The Morgan fingerprint density at radius 3 is 3.00 bits per heavy atom. The number of aromatic amines is 1. The minimum absolute atomic E-state index is 0.382. The normalized spacial score (nSPS) is 18.5. The quantitative estimate of drug-likeness (QED) is 0.783. The molecule has 21 heavy (non-hydrogen) atoms. The number of rotatable bonds is 2. The SMILES string of the molecule is Cc1ccccc1[C@@H]1CCCN1c1ncnc2nc[nH]c12. The van der Waals surface area contributed by atoms with Crippen LogP contribution in [0, 0.1) is 6.92 Å². The minimum Gasteiger partial charge on any atom is -0.348 e. The molecule has 3 heterocycles. The fourth-order valence-corrected chi connectivity index (χ4v) is 3.27. The molecule has 0 bridgehead atoms. The zero-order valence-electron chi connectivity index (χ0n) is 12.0. The molecule has 4 rings (SSSR count). The molecule has 0 aliphatic carbocycles. The van der Waals surface area contributed by atoms with E-state index in [-0.39, 0.29) is 0 Å². The van der Waals surface area contributed by atoms with Crippen molar-refractivity contribution in [1.29, 1.82) is 0 Å². The maximum absolute atomic E-state index is 4.51. The van der Waals surface area contributed by atoms with E-state index in [4.69, 9.17) is 0 Å². The van der Waals surface area contributed by atoms with Gasteiger partial charge >= 0.3 is 0 Å². The van der Waals surface area contributed by atoms with E-state index in [0.29, 0.717) is 6.04 Å². The summed E-state index contributed by atoms with van der Waals surface area (Å²) in [4.78, 5) is 18.5. The molecule has 0 spiro atoms. The van der Waals surface area contributed by atoms with Crippen molar-refractivity contribution < 1.29 is 0 Å². The summed E-state index contributed by atoms with van der Waals surface area (Å²) >= 11 is 0. The Morgan fingerprint density at radius 1 is 1.19 bits per heavy atom. The number of fused-ring (bicyclic) bond motifs is 1. The number of imidazole rings is 1. The highest BCUT2D eigenvalue weighted by Gasteiger charge is 2.29. The maximum atomic E-state index is 4.51. The van der Waals surface area contributed by atoms with Crippen molar-refractivity contribution in [3.05, 3.63) is 48.0 Å². The van der Waals surface area contributed by atoms with E-state index in [1.807, 2.05) is 0 Å². The largest absolute Gasteiger partial charge is 0.348 e. The highest BCUT2D eigenvalue weighted by atomic mass is 15.2. The Hall–Kier alpha value is -2.43. The molecule has 1 atom stereocenters. The van der Waals surface area contributed by atoms with E-state index >= 15 is 0 Å². The minimum atomic E-state index is 0.382. The second kappa shape index (κ2) is 4.84. The molecule has 106 valence electrons. The molecule has 1 aliphatic rings. The predicted octanol–water partition coefficient (Wildman–Crippen LogP) is 3.00. The first-order chi connectivity index (χ1) is 10.3. The first-order valence-corrected chi connectivity index (χ1v) is 7.31. The van der Waals surface area contributed by atoms with E-state index in [1.165, 1.54) is 17.5 Å². The van der Waals surface area contributed by atoms with Gasteiger partial charge in [-0.25, -0.2) is 15.0 Å². The van der Waals surface area contributed by atoms with Crippen molar-refractivity contribution in [3.63, 3.8) is 0 Å². The van der Waals surface area contributed by atoms with E-state index in [9.17, 15) is 0 Å². The number of H-pyrrole nitrogens is 1. The predicted molar refractivity (Wildman–Crippen MR) is 82.2 cm³/mol. The standard InChI is InChI=1S/C16H17N5/c1-11-5-2-3-6-12(11)13-7-4-8-21(13)16-14-15(18-9-17-14)19-10-20-16/h2-3,5-6,9-10,13H,4,7-8H2,1H3,(H,17,18,19,20)/t13-/m0/s1. The lowest BCUT2D eigenvalue weighted by atomic mass is 9.99. The van der Waals surface area contributed by atoms with Crippen LogP contribution in [0.4, 0.5) is 5.82 Å². The summed E-state index contributed by atoms with van der Waals surface area (Å²) < 4.78 is 0. The first-order valence-electron chi connectivity index (χ1n) is 7.31. The Labute approximate surface area is 123 Å². The lowest BCUT2D eigenvalue weighted by molar-refractivity contribution is 0.708. The summed E-state index contributed by atoms with van der Waals surface area (Å²) in [6.07, 6.45) is 5.62. The third-order valence-electron chi connectivity index (χ3n) is 4.28.